The third kappa shape index (κ3) is 6.75. The van der Waals surface area contributed by atoms with Crippen molar-refractivity contribution in [2.24, 2.45) is 5.92 Å². The van der Waals surface area contributed by atoms with Gasteiger partial charge in [-0.15, -0.1) is 0 Å². The molecule has 0 aromatic heterocycles. The number of nitrogens with one attached hydrogen (secondary N) is 1. The molecule has 2 fully saturated rings. The van der Waals surface area contributed by atoms with Gasteiger partial charge in [0.15, 0.2) is 0 Å². The second kappa shape index (κ2) is 11.1. The Balaban J connectivity index is 1.35. The van der Waals surface area contributed by atoms with Crippen LogP contribution in [0.5, 0.6) is 0 Å². The maximum absolute atomic E-state index is 12.7. The minimum Gasteiger partial charge on any atom is -0.356 e. The van der Waals surface area contributed by atoms with Gasteiger partial charge in [-0.1, -0.05) is 25.1 Å². The molecule has 9 heteroatoms. The predicted octanol–water partition coefficient (Wildman–Crippen LogP) is 1.15. The molecule has 8 nitrogen and oxygen atoms in total. The van der Waals surface area contributed by atoms with Gasteiger partial charge in [0.25, 0.3) is 0 Å². The molecule has 2 saturated heterocycles. The Bertz CT molecular complexity index is 832. The lowest BCUT2D eigenvalue weighted by molar-refractivity contribution is -0.134. The summed E-state index contributed by atoms with van der Waals surface area (Å²) in [5.41, 5.74) is 0. The van der Waals surface area contributed by atoms with Crippen LogP contribution in [0.2, 0.25) is 0 Å². The molecule has 0 saturated carbocycles. The molecule has 2 heterocycles. The van der Waals surface area contributed by atoms with Crippen molar-refractivity contribution >= 4 is 21.8 Å². The average molecular weight is 451 g/mol. The fourth-order valence-corrected chi connectivity index (χ4v) is 5.59. The topological polar surface area (TPSA) is 90.0 Å². The van der Waals surface area contributed by atoms with Gasteiger partial charge in [0.1, 0.15) is 0 Å². The molecule has 172 valence electrons. The summed E-state index contributed by atoms with van der Waals surface area (Å²) in [4.78, 5) is 28.9. The first kappa shape index (κ1) is 23.7. The highest BCUT2D eigenvalue weighted by Crippen LogP contribution is 2.17. The SMILES string of the molecule is CC(CNC(=O)CCC(=O)N1CCN(S(=O)(=O)c2ccccc2)CC1)CN1CCCC1. The fraction of sp³-hybridized carbons (Fsp3) is 0.636. The molecule has 1 N–H and O–H groups in total. The molecular weight excluding hydrogens is 416 g/mol. The van der Waals surface area contributed by atoms with E-state index in [1.54, 1.807) is 35.2 Å². The highest BCUT2D eigenvalue weighted by molar-refractivity contribution is 7.89. The summed E-state index contributed by atoms with van der Waals surface area (Å²) in [5.74, 6) is 0.182. The summed E-state index contributed by atoms with van der Waals surface area (Å²) >= 11 is 0. The summed E-state index contributed by atoms with van der Waals surface area (Å²) in [7, 11) is -3.53. The van der Waals surface area contributed by atoms with Crippen LogP contribution in [0.25, 0.3) is 0 Å². The Kier molecular flexibility index (Phi) is 8.45. The number of carbonyl (C=O) groups is 2. The van der Waals surface area contributed by atoms with Crippen LogP contribution >= 0.6 is 0 Å². The minimum absolute atomic E-state index is 0.1000. The van der Waals surface area contributed by atoms with Gasteiger partial charge in [0.2, 0.25) is 21.8 Å². The van der Waals surface area contributed by atoms with Crippen LogP contribution < -0.4 is 5.32 Å². The van der Waals surface area contributed by atoms with Crippen LogP contribution in [0.3, 0.4) is 0 Å². The molecule has 1 atom stereocenters. The molecule has 0 aliphatic carbocycles. The number of carbonyl (C=O) groups excluding carboxylic acids is 2. The van der Waals surface area contributed by atoms with Gasteiger partial charge in [-0.3, -0.25) is 9.59 Å². The molecular formula is C22H34N4O4S. The molecule has 0 spiro atoms. The van der Waals surface area contributed by atoms with Crippen molar-refractivity contribution in [3.8, 4) is 0 Å². The van der Waals surface area contributed by atoms with E-state index < -0.39 is 10.0 Å². The van der Waals surface area contributed by atoms with Crippen LogP contribution in [-0.4, -0.2) is 86.7 Å². The zero-order valence-corrected chi connectivity index (χ0v) is 19.1. The second-order valence-electron chi connectivity index (χ2n) is 8.51. The van der Waals surface area contributed by atoms with Crippen molar-refractivity contribution in [3.63, 3.8) is 0 Å². The van der Waals surface area contributed by atoms with Gasteiger partial charge >= 0.3 is 0 Å². The van der Waals surface area contributed by atoms with Crippen LogP contribution in [0, 0.1) is 5.92 Å². The Hall–Kier alpha value is -1.97. The summed E-state index contributed by atoms with van der Waals surface area (Å²) in [6.45, 7) is 7.27. The lowest BCUT2D eigenvalue weighted by atomic mass is 10.1. The highest BCUT2D eigenvalue weighted by atomic mass is 32.2. The van der Waals surface area contributed by atoms with E-state index in [9.17, 15) is 18.0 Å². The largest absolute Gasteiger partial charge is 0.356 e. The molecule has 1 aromatic carbocycles. The number of sulfonamides is 1. The minimum atomic E-state index is -3.53. The van der Waals surface area contributed by atoms with Crippen molar-refractivity contribution in [3.05, 3.63) is 30.3 Å². The van der Waals surface area contributed by atoms with E-state index in [-0.39, 0.29) is 42.6 Å². The smallest absolute Gasteiger partial charge is 0.243 e. The monoisotopic (exact) mass is 450 g/mol. The first-order valence-corrected chi connectivity index (χ1v) is 12.6. The van der Waals surface area contributed by atoms with Crippen LogP contribution in [0.4, 0.5) is 0 Å². The van der Waals surface area contributed by atoms with E-state index in [0.717, 1.165) is 19.6 Å². The second-order valence-corrected chi connectivity index (χ2v) is 10.5. The van der Waals surface area contributed by atoms with Gasteiger partial charge < -0.3 is 15.1 Å². The third-order valence-electron chi connectivity index (χ3n) is 5.95. The number of hydrogen-bond donors (Lipinski definition) is 1. The molecule has 3 rings (SSSR count). The summed E-state index contributed by atoms with van der Waals surface area (Å²) in [6, 6.07) is 8.34. The van der Waals surface area contributed by atoms with E-state index in [2.05, 4.69) is 17.1 Å². The summed E-state index contributed by atoms with van der Waals surface area (Å²) < 4.78 is 26.8. The number of hydrogen-bond acceptors (Lipinski definition) is 5. The maximum Gasteiger partial charge on any atom is 0.243 e. The normalized spacial score (nSPS) is 19.3. The standard InChI is InChI=1S/C22H34N4O4S/c1-19(18-24-11-5-6-12-24)17-23-21(27)9-10-22(28)25-13-15-26(16-14-25)31(29,30)20-7-3-2-4-8-20/h2-4,7-8,19H,5-6,9-18H2,1H3,(H,23,27). The van der Waals surface area contributed by atoms with E-state index in [4.69, 9.17) is 0 Å². The van der Waals surface area contributed by atoms with E-state index >= 15 is 0 Å². The number of amides is 2. The number of benzene rings is 1. The van der Waals surface area contributed by atoms with Gasteiger partial charge in [0.05, 0.1) is 4.90 Å². The Morgan fingerprint density at radius 3 is 2.26 bits per heavy atom. The molecule has 0 radical (unpaired) electrons. The van der Waals surface area contributed by atoms with Gasteiger partial charge in [-0.2, -0.15) is 4.31 Å². The van der Waals surface area contributed by atoms with Crippen molar-refractivity contribution in [2.75, 3.05) is 52.4 Å². The fourth-order valence-electron chi connectivity index (χ4n) is 4.14. The molecule has 2 aliphatic heterocycles. The first-order valence-electron chi connectivity index (χ1n) is 11.2. The van der Waals surface area contributed by atoms with Crippen LogP contribution in [-0.2, 0) is 19.6 Å². The highest BCUT2D eigenvalue weighted by Gasteiger charge is 2.30. The van der Waals surface area contributed by atoms with E-state index in [1.807, 2.05) is 0 Å². The van der Waals surface area contributed by atoms with Crippen molar-refractivity contribution in [1.29, 1.82) is 0 Å². The average Bonchev–Trinajstić information content (AvgIpc) is 3.29. The van der Waals surface area contributed by atoms with Gasteiger partial charge in [0, 0.05) is 52.1 Å². The van der Waals surface area contributed by atoms with E-state index in [0.29, 0.717) is 25.6 Å². The first-order chi connectivity index (χ1) is 14.9. The maximum atomic E-state index is 12.7. The van der Waals surface area contributed by atoms with Crippen LogP contribution in [0.15, 0.2) is 35.2 Å². The van der Waals surface area contributed by atoms with E-state index in [1.165, 1.54) is 17.1 Å². The van der Waals surface area contributed by atoms with Gasteiger partial charge in [-0.05, 0) is 44.0 Å². The van der Waals surface area contributed by atoms with Crippen LogP contribution in [0.1, 0.15) is 32.6 Å². The lowest BCUT2D eigenvalue weighted by Gasteiger charge is -2.34. The van der Waals surface area contributed by atoms with Gasteiger partial charge in [-0.25, -0.2) is 8.42 Å². The predicted molar refractivity (Wildman–Crippen MR) is 119 cm³/mol. The Morgan fingerprint density at radius 1 is 0.968 bits per heavy atom. The zero-order valence-electron chi connectivity index (χ0n) is 18.3. The molecule has 2 aliphatic rings. The molecule has 1 unspecified atom stereocenters. The molecule has 2 amide bonds. The molecule has 1 aromatic rings. The Labute approximate surface area is 185 Å². The number of rotatable bonds is 9. The van der Waals surface area contributed by atoms with Crippen molar-refractivity contribution < 1.29 is 18.0 Å². The quantitative estimate of drug-likeness (QED) is 0.610. The number of piperazine rings is 1. The molecule has 31 heavy (non-hydrogen) atoms. The molecule has 0 bridgehead atoms. The lowest BCUT2D eigenvalue weighted by Crippen LogP contribution is -2.50. The van der Waals surface area contributed by atoms with Crippen molar-refractivity contribution in [1.82, 2.24) is 19.4 Å². The summed E-state index contributed by atoms with van der Waals surface area (Å²) in [5, 5.41) is 2.94. The number of likely N-dealkylation sites (tertiary alicyclic amines) is 1. The Morgan fingerprint density at radius 2 is 1.61 bits per heavy atom. The van der Waals surface area contributed by atoms with Crippen molar-refractivity contribution in [2.45, 2.75) is 37.5 Å². The summed E-state index contributed by atoms with van der Waals surface area (Å²) in [6.07, 6.45) is 2.83. The number of nitrogens with zero attached hydrogens (tertiary/aromatic N) is 3. The zero-order chi connectivity index (χ0) is 22.3. The third-order valence-corrected chi connectivity index (χ3v) is 7.87.